The maximum atomic E-state index is 5.78. The van der Waals surface area contributed by atoms with Crippen LogP contribution < -0.4 is 10.6 Å². The van der Waals surface area contributed by atoms with Crippen LogP contribution in [-0.2, 0) is 0 Å². The summed E-state index contributed by atoms with van der Waals surface area (Å²) in [5, 5.41) is 0. The van der Waals surface area contributed by atoms with Gasteiger partial charge in [0, 0.05) is 36.9 Å². The molecule has 0 spiro atoms. The zero-order valence-electron chi connectivity index (χ0n) is 11.2. The predicted octanol–water partition coefficient (Wildman–Crippen LogP) is 1.25. The van der Waals surface area contributed by atoms with Crippen LogP contribution >= 0.6 is 12.2 Å². The van der Waals surface area contributed by atoms with Gasteiger partial charge in [0.1, 0.15) is 4.99 Å². The lowest BCUT2D eigenvalue weighted by molar-refractivity contribution is 0.139. The van der Waals surface area contributed by atoms with Crippen LogP contribution in [0.3, 0.4) is 0 Å². The first-order valence-corrected chi connectivity index (χ1v) is 6.52. The van der Waals surface area contributed by atoms with Gasteiger partial charge < -0.3 is 10.6 Å². The molecule has 0 amide bonds. The SMILES string of the molecule is CN1CCN(c2cnccc2C(N)=S)CC1(C)C. The largest absolute Gasteiger partial charge is 0.389 e. The number of nitrogens with two attached hydrogens (primary N) is 1. The molecule has 98 valence electrons. The fourth-order valence-electron chi connectivity index (χ4n) is 2.29. The highest BCUT2D eigenvalue weighted by Crippen LogP contribution is 2.26. The number of anilines is 1. The van der Waals surface area contributed by atoms with Crippen LogP contribution in [0, 0.1) is 0 Å². The molecule has 2 rings (SSSR count). The zero-order valence-corrected chi connectivity index (χ0v) is 12.0. The lowest BCUT2D eigenvalue weighted by atomic mass is 9.99. The molecule has 2 N–H and O–H groups in total. The monoisotopic (exact) mass is 264 g/mol. The van der Waals surface area contributed by atoms with E-state index in [1.807, 2.05) is 12.3 Å². The van der Waals surface area contributed by atoms with Gasteiger partial charge in [-0.3, -0.25) is 9.88 Å². The van der Waals surface area contributed by atoms with Gasteiger partial charge >= 0.3 is 0 Å². The summed E-state index contributed by atoms with van der Waals surface area (Å²) in [5.41, 5.74) is 7.89. The molecule has 1 aliphatic heterocycles. The highest BCUT2D eigenvalue weighted by molar-refractivity contribution is 7.80. The number of aromatic nitrogens is 1. The Morgan fingerprint density at radius 2 is 2.17 bits per heavy atom. The van der Waals surface area contributed by atoms with Crippen LogP contribution in [0.4, 0.5) is 5.69 Å². The highest BCUT2D eigenvalue weighted by Gasteiger charge is 2.32. The first kappa shape index (κ1) is 13.2. The molecular weight excluding hydrogens is 244 g/mol. The van der Waals surface area contributed by atoms with Gasteiger partial charge in [-0.05, 0) is 27.0 Å². The van der Waals surface area contributed by atoms with Crippen molar-refractivity contribution in [1.82, 2.24) is 9.88 Å². The maximum Gasteiger partial charge on any atom is 0.106 e. The molecule has 0 atom stereocenters. The third-order valence-electron chi connectivity index (χ3n) is 3.72. The Bertz CT molecular complexity index is 458. The second kappa shape index (κ2) is 4.82. The van der Waals surface area contributed by atoms with Crippen molar-refractivity contribution in [2.75, 3.05) is 31.6 Å². The number of likely N-dealkylation sites (N-methyl/N-ethyl adjacent to an activating group) is 1. The van der Waals surface area contributed by atoms with Crippen LogP contribution in [0.15, 0.2) is 18.5 Å². The number of hydrogen-bond donors (Lipinski definition) is 1. The van der Waals surface area contributed by atoms with E-state index in [1.165, 1.54) is 0 Å². The summed E-state index contributed by atoms with van der Waals surface area (Å²) < 4.78 is 0. The van der Waals surface area contributed by atoms with E-state index in [2.05, 4.69) is 35.7 Å². The van der Waals surface area contributed by atoms with Crippen LogP contribution in [0.1, 0.15) is 19.4 Å². The van der Waals surface area contributed by atoms with E-state index in [4.69, 9.17) is 18.0 Å². The summed E-state index contributed by atoms with van der Waals surface area (Å²) in [6, 6.07) is 1.89. The van der Waals surface area contributed by atoms with Gasteiger partial charge in [-0.25, -0.2) is 0 Å². The van der Waals surface area contributed by atoms with E-state index in [0.717, 1.165) is 30.9 Å². The van der Waals surface area contributed by atoms with Gasteiger partial charge in [-0.1, -0.05) is 12.2 Å². The molecule has 0 aromatic carbocycles. The normalized spacial score (nSPS) is 19.8. The van der Waals surface area contributed by atoms with Gasteiger partial charge in [0.15, 0.2) is 0 Å². The molecule has 18 heavy (non-hydrogen) atoms. The van der Waals surface area contributed by atoms with Crippen molar-refractivity contribution in [3.8, 4) is 0 Å². The zero-order chi connectivity index (χ0) is 13.3. The van der Waals surface area contributed by atoms with E-state index in [9.17, 15) is 0 Å². The number of nitrogens with zero attached hydrogens (tertiary/aromatic N) is 3. The summed E-state index contributed by atoms with van der Waals surface area (Å²) in [5.74, 6) is 0. The molecular formula is C13H20N4S. The van der Waals surface area contributed by atoms with Crippen LogP contribution in [0.5, 0.6) is 0 Å². The number of thiocarbonyl (C=S) groups is 1. The van der Waals surface area contributed by atoms with Crippen molar-refractivity contribution in [2.45, 2.75) is 19.4 Å². The van der Waals surface area contributed by atoms with Gasteiger partial charge in [0.25, 0.3) is 0 Å². The predicted molar refractivity (Wildman–Crippen MR) is 79.0 cm³/mol. The van der Waals surface area contributed by atoms with Gasteiger partial charge in [0.05, 0.1) is 11.9 Å². The second-order valence-corrected chi connectivity index (χ2v) is 5.85. The van der Waals surface area contributed by atoms with E-state index in [-0.39, 0.29) is 5.54 Å². The Balaban J connectivity index is 2.30. The second-order valence-electron chi connectivity index (χ2n) is 5.41. The fraction of sp³-hybridized carbons (Fsp3) is 0.538. The van der Waals surface area contributed by atoms with Gasteiger partial charge in [-0.2, -0.15) is 0 Å². The van der Waals surface area contributed by atoms with Crippen LogP contribution in [0.25, 0.3) is 0 Å². The first-order chi connectivity index (χ1) is 8.42. The van der Waals surface area contributed by atoms with Crippen molar-refractivity contribution < 1.29 is 0 Å². The van der Waals surface area contributed by atoms with Gasteiger partial charge in [-0.15, -0.1) is 0 Å². The van der Waals surface area contributed by atoms with Crippen molar-refractivity contribution in [3.63, 3.8) is 0 Å². The Hall–Kier alpha value is -1.20. The van der Waals surface area contributed by atoms with Crippen molar-refractivity contribution in [2.24, 2.45) is 5.73 Å². The Labute approximate surface area is 114 Å². The molecule has 0 saturated carbocycles. The molecule has 2 heterocycles. The molecule has 1 aromatic heterocycles. The van der Waals surface area contributed by atoms with E-state index < -0.39 is 0 Å². The van der Waals surface area contributed by atoms with Crippen LogP contribution in [0.2, 0.25) is 0 Å². The van der Waals surface area contributed by atoms with Crippen molar-refractivity contribution >= 4 is 22.9 Å². The summed E-state index contributed by atoms with van der Waals surface area (Å²) in [6.07, 6.45) is 3.59. The number of piperazine rings is 1. The maximum absolute atomic E-state index is 5.78. The molecule has 1 saturated heterocycles. The minimum atomic E-state index is 0.140. The van der Waals surface area contributed by atoms with E-state index >= 15 is 0 Å². The van der Waals surface area contributed by atoms with Crippen molar-refractivity contribution in [1.29, 1.82) is 0 Å². The lowest BCUT2D eigenvalue weighted by Crippen LogP contribution is -2.58. The molecule has 0 unspecified atom stereocenters. The summed E-state index contributed by atoms with van der Waals surface area (Å²) >= 11 is 5.11. The topological polar surface area (TPSA) is 45.4 Å². The molecule has 0 bridgehead atoms. The summed E-state index contributed by atoms with van der Waals surface area (Å²) in [7, 11) is 2.16. The Kier molecular flexibility index (Phi) is 3.54. The number of hydrogen-bond acceptors (Lipinski definition) is 4. The van der Waals surface area contributed by atoms with E-state index in [1.54, 1.807) is 6.20 Å². The van der Waals surface area contributed by atoms with E-state index in [0.29, 0.717) is 4.99 Å². The number of pyridine rings is 1. The quantitative estimate of drug-likeness (QED) is 0.815. The fourth-order valence-corrected chi connectivity index (χ4v) is 2.46. The smallest absolute Gasteiger partial charge is 0.106 e. The molecule has 0 radical (unpaired) electrons. The summed E-state index contributed by atoms with van der Waals surface area (Å²) in [6.45, 7) is 7.44. The minimum Gasteiger partial charge on any atom is -0.389 e. The van der Waals surface area contributed by atoms with Crippen molar-refractivity contribution in [3.05, 3.63) is 24.0 Å². The highest BCUT2D eigenvalue weighted by atomic mass is 32.1. The number of rotatable bonds is 2. The third-order valence-corrected chi connectivity index (χ3v) is 3.94. The molecule has 0 aliphatic carbocycles. The Morgan fingerprint density at radius 1 is 1.44 bits per heavy atom. The lowest BCUT2D eigenvalue weighted by Gasteiger charge is -2.46. The molecule has 5 heteroatoms. The molecule has 4 nitrogen and oxygen atoms in total. The average Bonchev–Trinajstić information content (AvgIpc) is 2.32. The Morgan fingerprint density at radius 3 is 2.78 bits per heavy atom. The van der Waals surface area contributed by atoms with Crippen LogP contribution in [-0.4, -0.2) is 47.1 Å². The molecule has 1 fully saturated rings. The third kappa shape index (κ3) is 2.47. The summed E-state index contributed by atoms with van der Waals surface area (Å²) in [4.78, 5) is 9.33. The average molecular weight is 264 g/mol. The minimum absolute atomic E-state index is 0.140. The molecule has 1 aliphatic rings. The first-order valence-electron chi connectivity index (χ1n) is 6.12. The standard InChI is InChI=1S/C13H20N4S/c1-13(2)9-17(7-6-16(13)3)11-8-15-5-4-10(11)12(14)18/h4-5,8H,6-7,9H2,1-3H3,(H2,14,18). The molecule has 1 aromatic rings. The van der Waals surface area contributed by atoms with Gasteiger partial charge in [0.2, 0.25) is 0 Å².